The van der Waals surface area contributed by atoms with Crippen molar-refractivity contribution in [3.8, 4) is 0 Å². The zero-order chi connectivity index (χ0) is 7.11. The molecule has 0 aromatic carbocycles. The molecule has 1 N–H and O–H groups in total. The van der Waals surface area contributed by atoms with Crippen molar-refractivity contribution in [3.63, 3.8) is 0 Å². The van der Waals surface area contributed by atoms with Crippen molar-refractivity contribution in [1.29, 1.82) is 0 Å². The summed E-state index contributed by atoms with van der Waals surface area (Å²) in [6, 6.07) is 0. The third-order valence-electron chi connectivity index (χ3n) is 0.467. The Bertz CT molecular complexity index is 81.0. The number of rotatable bonds is 4. The summed E-state index contributed by atoms with van der Waals surface area (Å²) in [7, 11) is 1.43. The molecular formula is C4H8O5. The van der Waals surface area contributed by atoms with Crippen molar-refractivity contribution in [3.05, 3.63) is 0 Å². The average molecular weight is 136 g/mol. The molecule has 5 heteroatoms. The lowest BCUT2D eigenvalue weighted by atomic mass is 11.2. The maximum atomic E-state index is 9.62. The van der Waals surface area contributed by atoms with Gasteiger partial charge in [-0.25, -0.2) is 4.79 Å². The quantitative estimate of drug-likeness (QED) is 0.341. The van der Waals surface area contributed by atoms with Crippen molar-refractivity contribution < 1.29 is 24.1 Å². The summed E-state index contributed by atoms with van der Waals surface area (Å²) < 4.78 is 12.9. The average Bonchev–Trinajstić information content (AvgIpc) is 1.80. The molecule has 0 rings (SSSR count). The van der Waals surface area contributed by atoms with Crippen LogP contribution in [0.3, 0.4) is 0 Å². The molecule has 0 aliphatic heterocycles. The van der Waals surface area contributed by atoms with Crippen LogP contribution in [0.25, 0.3) is 0 Å². The van der Waals surface area contributed by atoms with E-state index in [9.17, 15) is 4.79 Å². The number of carbonyl (C=O) groups is 1. The highest BCUT2D eigenvalue weighted by Gasteiger charge is 1.92. The second-order valence-electron chi connectivity index (χ2n) is 1.14. The molecule has 54 valence electrons. The van der Waals surface area contributed by atoms with E-state index < -0.39 is 6.16 Å². The number of ether oxygens (including phenoxy) is 3. The Labute approximate surface area is 52.1 Å². The normalized spacial score (nSPS) is 9.00. The fraction of sp³-hybridized carbons (Fsp3) is 0.750. The van der Waals surface area contributed by atoms with E-state index in [1.807, 2.05) is 0 Å². The summed E-state index contributed by atoms with van der Waals surface area (Å²) in [6.45, 7) is -0.254. The van der Waals surface area contributed by atoms with Gasteiger partial charge in [0.05, 0.1) is 0 Å². The smallest absolute Gasteiger partial charge is 0.450 e. The van der Waals surface area contributed by atoms with E-state index in [2.05, 4.69) is 14.2 Å². The van der Waals surface area contributed by atoms with E-state index in [1.54, 1.807) is 0 Å². The molecule has 0 aromatic rings. The van der Waals surface area contributed by atoms with Crippen LogP contribution in [0.15, 0.2) is 0 Å². The summed E-state index contributed by atoms with van der Waals surface area (Å²) in [5.41, 5.74) is 0. The number of hydrogen-bond acceptors (Lipinski definition) is 4. The van der Waals surface area contributed by atoms with Crippen LogP contribution >= 0.6 is 0 Å². The van der Waals surface area contributed by atoms with Crippen LogP contribution in [-0.2, 0) is 14.2 Å². The molecule has 0 spiro atoms. The van der Waals surface area contributed by atoms with E-state index in [-0.39, 0.29) is 13.6 Å². The molecule has 0 saturated carbocycles. The largest absolute Gasteiger partial charge is 0.507 e. The number of carboxylic acid groups (broad SMARTS) is 1. The van der Waals surface area contributed by atoms with Crippen molar-refractivity contribution in [2.75, 3.05) is 20.7 Å². The molecule has 0 atom stereocenters. The third-order valence-corrected chi connectivity index (χ3v) is 0.467. The molecule has 0 amide bonds. The lowest BCUT2D eigenvalue weighted by Crippen LogP contribution is -2.06. The molecule has 0 radical (unpaired) electrons. The van der Waals surface area contributed by atoms with Crippen molar-refractivity contribution in [1.82, 2.24) is 0 Å². The van der Waals surface area contributed by atoms with Gasteiger partial charge in [0.25, 0.3) is 0 Å². The van der Waals surface area contributed by atoms with Gasteiger partial charge in [0, 0.05) is 7.11 Å². The lowest BCUT2D eigenvalue weighted by Gasteiger charge is -1.99. The Kier molecular flexibility index (Phi) is 4.85. The van der Waals surface area contributed by atoms with Crippen LogP contribution in [0.2, 0.25) is 0 Å². The van der Waals surface area contributed by atoms with Crippen LogP contribution in [0.5, 0.6) is 0 Å². The second kappa shape index (κ2) is 5.33. The van der Waals surface area contributed by atoms with Crippen LogP contribution < -0.4 is 0 Å². The number of methoxy groups -OCH3 is 1. The molecule has 0 unspecified atom stereocenters. The van der Waals surface area contributed by atoms with Gasteiger partial charge in [-0.15, -0.1) is 0 Å². The molecule has 0 aromatic heterocycles. The second-order valence-corrected chi connectivity index (χ2v) is 1.14. The molecule has 0 aliphatic carbocycles. The van der Waals surface area contributed by atoms with E-state index in [0.717, 1.165) is 0 Å². The van der Waals surface area contributed by atoms with Gasteiger partial charge in [-0.2, -0.15) is 0 Å². The van der Waals surface area contributed by atoms with Gasteiger partial charge < -0.3 is 19.3 Å². The SMILES string of the molecule is COCOCOC(=O)O. The molecule has 0 bridgehead atoms. The molecule has 5 nitrogen and oxygen atoms in total. The van der Waals surface area contributed by atoms with Gasteiger partial charge >= 0.3 is 6.16 Å². The summed E-state index contributed by atoms with van der Waals surface area (Å²) in [5, 5.41) is 7.87. The first-order chi connectivity index (χ1) is 4.27. The minimum atomic E-state index is -1.36. The Morgan fingerprint density at radius 1 is 1.56 bits per heavy atom. The Balaban J connectivity index is 2.83. The van der Waals surface area contributed by atoms with E-state index in [0.29, 0.717) is 0 Å². The highest BCUT2D eigenvalue weighted by Crippen LogP contribution is 1.78. The zero-order valence-corrected chi connectivity index (χ0v) is 4.99. The summed E-state index contributed by atoms with van der Waals surface area (Å²) in [5.74, 6) is 0. The van der Waals surface area contributed by atoms with E-state index in [1.165, 1.54) is 7.11 Å². The van der Waals surface area contributed by atoms with Crippen molar-refractivity contribution in [2.24, 2.45) is 0 Å². The van der Waals surface area contributed by atoms with Gasteiger partial charge in [-0.1, -0.05) is 0 Å². The van der Waals surface area contributed by atoms with Gasteiger partial charge in [0.15, 0.2) is 6.79 Å². The van der Waals surface area contributed by atoms with Gasteiger partial charge in [-0.3, -0.25) is 0 Å². The monoisotopic (exact) mass is 136 g/mol. The highest BCUT2D eigenvalue weighted by atomic mass is 16.8. The first kappa shape index (κ1) is 8.19. The van der Waals surface area contributed by atoms with E-state index in [4.69, 9.17) is 5.11 Å². The van der Waals surface area contributed by atoms with Crippen LogP contribution in [0, 0.1) is 0 Å². The predicted molar refractivity (Wildman–Crippen MR) is 26.9 cm³/mol. The summed E-state index contributed by atoms with van der Waals surface area (Å²) in [6.07, 6.45) is -1.36. The van der Waals surface area contributed by atoms with Crippen LogP contribution in [0.1, 0.15) is 0 Å². The topological polar surface area (TPSA) is 65.0 Å². The molecule has 9 heavy (non-hydrogen) atoms. The summed E-state index contributed by atoms with van der Waals surface area (Å²) >= 11 is 0. The first-order valence-electron chi connectivity index (χ1n) is 2.19. The lowest BCUT2D eigenvalue weighted by molar-refractivity contribution is -0.104. The molecule has 0 aliphatic rings. The Morgan fingerprint density at radius 2 is 2.22 bits per heavy atom. The third kappa shape index (κ3) is 7.19. The molecule has 0 saturated heterocycles. The minimum absolute atomic E-state index is 0.0350. The highest BCUT2D eigenvalue weighted by molar-refractivity contribution is 5.56. The number of hydrogen-bond donors (Lipinski definition) is 1. The predicted octanol–water partition coefficient (Wildman–Crippen LogP) is 0.259. The van der Waals surface area contributed by atoms with Gasteiger partial charge in [-0.05, 0) is 0 Å². The molecule has 0 fully saturated rings. The summed E-state index contributed by atoms with van der Waals surface area (Å²) in [4.78, 5) is 9.62. The first-order valence-corrected chi connectivity index (χ1v) is 2.19. The molecular weight excluding hydrogens is 128 g/mol. The van der Waals surface area contributed by atoms with Crippen LogP contribution in [-0.4, -0.2) is 32.0 Å². The zero-order valence-electron chi connectivity index (χ0n) is 4.99. The minimum Gasteiger partial charge on any atom is -0.450 e. The van der Waals surface area contributed by atoms with Crippen LogP contribution in [0.4, 0.5) is 4.79 Å². The Morgan fingerprint density at radius 3 is 2.67 bits per heavy atom. The Hall–Kier alpha value is -0.810. The maximum absolute atomic E-state index is 9.62. The van der Waals surface area contributed by atoms with Crippen molar-refractivity contribution in [2.45, 2.75) is 0 Å². The van der Waals surface area contributed by atoms with E-state index >= 15 is 0 Å². The van der Waals surface area contributed by atoms with Gasteiger partial charge in [0.2, 0.25) is 0 Å². The maximum Gasteiger partial charge on any atom is 0.507 e. The standard InChI is InChI=1S/C4H8O5/c1-7-2-8-3-9-4(5)6/h2-3H2,1H3,(H,5,6). The fourth-order valence-corrected chi connectivity index (χ4v) is 0.209. The fourth-order valence-electron chi connectivity index (χ4n) is 0.209. The molecule has 0 heterocycles. The van der Waals surface area contributed by atoms with Gasteiger partial charge in [0.1, 0.15) is 6.79 Å². The van der Waals surface area contributed by atoms with Crippen molar-refractivity contribution >= 4 is 6.16 Å².